The van der Waals surface area contributed by atoms with Crippen LogP contribution in [0.15, 0.2) is 60.7 Å². The lowest BCUT2D eigenvalue weighted by Crippen LogP contribution is -2.33. The molecule has 0 saturated heterocycles. The molecule has 0 radical (unpaired) electrons. The molecule has 156 valence electrons. The van der Waals surface area contributed by atoms with Gasteiger partial charge in [-0.2, -0.15) is 0 Å². The van der Waals surface area contributed by atoms with Gasteiger partial charge >= 0.3 is 0 Å². The van der Waals surface area contributed by atoms with E-state index in [4.69, 9.17) is 4.98 Å². The van der Waals surface area contributed by atoms with Crippen molar-refractivity contribution in [3.63, 3.8) is 0 Å². The third kappa shape index (κ3) is 2.88. The fraction of sp³-hybridized carbons (Fsp3) is 0.231. The Bertz CT molecular complexity index is 1300. The number of anilines is 1. The lowest BCUT2D eigenvalue weighted by atomic mass is 9.74. The van der Waals surface area contributed by atoms with Gasteiger partial charge in [0.15, 0.2) is 5.78 Å². The minimum absolute atomic E-state index is 0.0767. The fourth-order valence-corrected chi connectivity index (χ4v) is 4.70. The summed E-state index contributed by atoms with van der Waals surface area (Å²) < 4.78 is 0. The van der Waals surface area contributed by atoms with Gasteiger partial charge in [0.1, 0.15) is 11.4 Å². The number of fused-ring (bicyclic) bond motifs is 4. The maximum Gasteiger partial charge on any atom is 0.193 e. The van der Waals surface area contributed by atoms with Crippen molar-refractivity contribution in [3.05, 3.63) is 82.9 Å². The van der Waals surface area contributed by atoms with E-state index in [0.29, 0.717) is 27.8 Å². The highest BCUT2D eigenvalue weighted by Crippen LogP contribution is 2.43. The second-order valence-electron chi connectivity index (χ2n) is 8.14. The average Bonchev–Trinajstić information content (AvgIpc) is 3.23. The van der Waals surface area contributed by atoms with Crippen molar-refractivity contribution >= 4 is 22.5 Å². The number of imidazole rings is 1. The maximum absolute atomic E-state index is 13.1. The van der Waals surface area contributed by atoms with Crippen molar-refractivity contribution < 1.29 is 9.90 Å². The quantitative estimate of drug-likeness (QED) is 0.502. The smallest absolute Gasteiger partial charge is 0.193 e. The monoisotopic (exact) mass is 411 g/mol. The molecule has 0 spiro atoms. The molecule has 1 unspecified atom stereocenters. The van der Waals surface area contributed by atoms with Crippen LogP contribution in [0, 0.1) is 0 Å². The SMILES string of the molecule is CCN(CC)c1ccc(-c2nc3c4c(ccc3[nH]2)C(=O)c2ccccc2C4(C)O)cc1. The summed E-state index contributed by atoms with van der Waals surface area (Å²) in [6.45, 7) is 7.94. The molecule has 2 N–H and O–H groups in total. The molecule has 31 heavy (non-hydrogen) atoms. The van der Waals surface area contributed by atoms with E-state index in [2.05, 4.69) is 48.0 Å². The Morgan fingerprint density at radius 1 is 0.968 bits per heavy atom. The van der Waals surface area contributed by atoms with E-state index >= 15 is 0 Å². The van der Waals surface area contributed by atoms with Crippen LogP contribution in [0.1, 0.15) is 47.8 Å². The molecule has 0 saturated carbocycles. The summed E-state index contributed by atoms with van der Waals surface area (Å²) in [7, 11) is 0. The number of carbonyl (C=O) groups excluding carboxylic acids is 1. The van der Waals surface area contributed by atoms with Gasteiger partial charge in [-0.1, -0.05) is 24.3 Å². The standard InChI is InChI=1S/C26H25N3O2/c1-4-29(5-2)17-12-10-16(11-13-17)25-27-21-15-14-19-22(23(21)28-25)26(3,31)20-9-7-6-8-18(20)24(19)30/h6-15,31H,4-5H2,1-3H3,(H,27,28). The zero-order valence-corrected chi connectivity index (χ0v) is 17.9. The molecule has 3 aromatic carbocycles. The lowest BCUT2D eigenvalue weighted by molar-refractivity contribution is 0.0871. The third-order valence-corrected chi connectivity index (χ3v) is 6.35. The largest absolute Gasteiger partial charge is 0.381 e. The Labute approximate surface area is 181 Å². The molecule has 1 heterocycles. The zero-order valence-electron chi connectivity index (χ0n) is 17.9. The van der Waals surface area contributed by atoms with Crippen molar-refractivity contribution in [2.24, 2.45) is 0 Å². The summed E-state index contributed by atoms with van der Waals surface area (Å²) in [5.74, 6) is 0.642. The summed E-state index contributed by atoms with van der Waals surface area (Å²) in [4.78, 5) is 23.6. The number of rotatable bonds is 4. The van der Waals surface area contributed by atoms with Crippen LogP contribution in [0.2, 0.25) is 0 Å². The van der Waals surface area contributed by atoms with Crippen LogP contribution in [0.4, 0.5) is 5.69 Å². The van der Waals surface area contributed by atoms with E-state index < -0.39 is 5.60 Å². The van der Waals surface area contributed by atoms with Crippen LogP contribution >= 0.6 is 0 Å². The van der Waals surface area contributed by atoms with Crippen LogP contribution in [0.3, 0.4) is 0 Å². The first-order chi connectivity index (χ1) is 15.0. The average molecular weight is 412 g/mol. The number of benzene rings is 3. The number of aliphatic hydroxyl groups is 1. The van der Waals surface area contributed by atoms with Gasteiger partial charge in [0.2, 0.25) is 0 Å². The van der Waals surface area contributed by atoms with E-state index in [1.54, 1.807) is 19.1 Å². The number of hydrogen-bond donors (Lipinski definition) is 2. The summed E-state index contributed by atoms with van der Waals surface area (Å²) in [6, 6.07) is 19.2. The molecule has 0 fully saturated rings. The highest BCUT2D eigenvalue weighted by molar-refractivity contribution is 6.15. The predicted molar refractivity (Wildman–Crippen MR) is 124 cm³/mol. The Morgan fingerprint density at radius 2 is 1.68 bits per heavy atom. The molecule has 1 aliphatic rings. The minimum Gasteiger partial charge on any atom is -0.381 e. The molecule has 1 atom stereocenters. The summed E-state index contributed by atoms with van der Waals surface area (Å²) >= 11 is 0. The first kappa shape index (κ1) is 19.5. The first-order valence-electron chi connectivity index (χ1n) is 10.7. The van der Waals surface area contributed by atoms with Crippen LogP contribution < -0.4 is 4.90 Å². The topological polar surface area (TPSA) is 69.2 Å². The van der Waals surface area contributed by atoms with E-state index in [9.17, 15) is 9.90 Å². The van der Waals surface area contributed by atoms with Gasteiger partial charge in [0.25, 0.3) is 0 Å². The van der Waals surface area contributed by atoms with Crippen LogP contribution in [0.25, 0.3) is 22.4 Å². The number of ketones is 1. The van der Waals surface area contributed by atoms with Crippen LogP contribution in [-0.2, 0) is 5.60 Å². The highest BCUT2D eigenvalue weighted by Gasteiger charge is 2.40. The number of nitrogens with zero attached hydrogens (tertiary/aromatic N) is 2. The molecule has 4 aromatic rings. The van der Waals surface area contributed by atoms with Gasteiger partial charge in [-0.15, -0.1) is 0 Å². The number of aromatic nitrogens is 2. The number of aromatic amines is 1. The molecular weight excluding hydrogens is 386 g/mol. The summed E-state index contributed by atoms with van der Waals surface area (Å²) in [6.07, 6.45) is 0. The molecular formula is C26H25N3O2. The lowest BCUT2D eigenvalue weighted by Gasteiger charge is -2.32. The van der Waals surface area contributed by atoms with Crippen molar-refractivity contribution in [2.45, 2.75) is 26.4 Å². The number of carbonyl (C=O) groups is 1. The molecule has 1 aromatic heterocycles. The summed E-state index contributed by atoms with van der Waals surface area (Å²) in [5.41, 5.74) is 4.49. The van der Waals surface area contributed by atoms with Gasteiger partial charge in [0.05, 0.1) is 11.0 Å². The third-order valence-electron chi connectivity index (χ3n) is 6.35. The van der Waals surface area contributed by atoms with Gasteiger partial charge in [-0.05, 0) is 62.7 Å². The molecule has 5 heteroatoms. The van der Waals surface area contributed by atoms with Crippen LogP contribution in [0.5, 0.6) is 0 Å². The number of nitrogens with one attached hydrogen (secondary N) is 1. The highest BCUT2D eigenvalue weighted by atomic mass is 16.3. The molecule has 5 rings (SSSR count). The van der Waals surface area contributed by atoms with Crippen molar-refractivity contribution in [2.75, 3.05) is 18.0 Å². The molecule has 1 aliphatic carbocycles. The molecule has 0 bridgehead atoms. The van der Waals surface area contributed by atoms with Crippen LogP contribution in [-0.4, -0.2) is 33.9 Å². The zero-order chi connectivity index (χ0) is 21.8. The number of H-pyrrole nitrogens is 1. The Balaban J connectivity index is 1.64. The second-order valence-corrected chi connectivity index (χ2v) is 8.14. The first-order valence-corrected chi connectivity index (χ1v) is 10.7. The van der Waals surface area contributed by atoms with Crippen molar-refractivity contribution in [1.29, 1.82) is 0 Å². The summed E-state index contributed by atoms with van der Waals surface area (Å²) in [5, 5.41) is 11.5. The Morgan fingerprint density at radius 3 is 2.39 bits per heavy atom. The van der Waals surface area contributed by atoms with Crippen molar-refractivity contribution in [1.82, 2.24) is 9.97 Å². The Hall–Kier alpha value is -3.44. The van der Waals surface area contributed by atoms with Gasteiger partial charge in [0, 0.05) is 41.0 Å². The van der Waals surface area contributed by atoms with Gasteiger partial charge in [-0.3, -0.25) is 4.79 Å². The Kier molecular flexibility index (Phi) is 4.45. The molecule has 0 amide bonds. The van der Waals surface area contributed by atoms with E-state index in [1.165, 1.54) is 5.69 Å². The fourth-order valence-electron chi connectivity index (χ4n) is 4.70. The van der Waals surface area contributed by atoms with Gasteiger partial charge in [-0.25, -0.2) is 4.98 Å². The van der Waals surface area contributed by atoms with Gasteiger partial charge < -0.3 is 15.0 Å². The normalized spacial score (nSPS) is 17.5. The minimum atomic E-state index is -1.31. The molecule has 5 nitrogen and oxygen atoms in total. The van der Waals surface area contributed by atoms with E-state index in [1.807, 2.05) is 24.3 Å². The number of hydrogen-bond acceptors (Lipinski definition) is 4. The second kappa shape index (κ2) is 7.06. The maximum atomic E-state index is 13.1. The predicted octanol–water partition coefficient (Wildman–Crippen LogP) is 4.88. The molecule has 0 aliphatic heterocycles. The van der Waals surface area contributed by atoms with Crippen molar-refractivity contribution in [3.8, 4) is 11.4 Å². The van der Waals surface area contributed by atoms with E-state index in [0.717, 1.165) is 30.0 Å². The van der Waals surface area contributed by atoms with E-state index in [-0.39, 0.29) is 5.78 Å².